The standard InChI is InChI=1S/C13H26N2/c1-2-12(9-14)15-10-13(11-15)7-5-3-4-6-8-13/h12H,2-11,14H2,1H3. The van der Waals surface area contributed by atoms with Crippen molar-refractivity contribution in [3.63, 3.8) is 0 Å². The molecule has 0 bridgehead atoms. The molecular formula is C13H26N2. The summed E-state index contributed by atoms with van der Waals surface area (Å²) in [6.45, 7) is 5.77. The molecule has 1 atom stereocenters. The predicted molar refractivity (Wildman–Crippen MR) is 64.8 cm³/mol. The first kappa shape index (κ1) is 11.4. The third kappa shape index (κ3) is 2.36. The van der Waals surface area contributed by atoms with Crippen LogP contribution in [0.25, 0.3) is 0 Å². The fourth-order valence-electron chi connectivity index (χ4n) is 3.44. The number of likely N-dealkylation sites (tertiary alicyclic amines) is 1. The van der Waals surface area contributed by atoms with Gasteiger partial charge in [-0.1, -0.05) is 32.6 Å². The Hall–Kier alpha value is -0.0800. The minimum Gasteiger partial charge on any atom is -0.329 e. The van der Waals surface area contributed by atoms with Crippen LogP contribution in [0.3, 0.4) is 0 Å². The molecule has 1 aliphatic carbocycles. The molecule has 0 radical (unpaired) electrons. The summed E-state index contributed by atoms with van der Waals surface area (Å²) in [5.41, 5.74) is 6.51. The van der Waals surface area contributed by atoms with E-state index in [1.165, 1.54) is 58.0 Å². The van der Waals surface area contributed by atoms with Gasteiger partial charge >= 0.3 is 0 Å². The number of nitrogens with zero attached hydrogens (tertiary/aromatic N) is 1. The van der Waals surface area contributed by atoms with Crippen molar-refractivity contribution in [2.75, 3.05) is 19.6 Å². The van der Waals surface area contributed by atoms with Crippen LogP contribution in [0, 0.1) is 5.41 Å². The van der Waals surface area contributed by atoms with Gasteiger partial charge in [-0.2, -0.15) is 0 Å². The zero-order chi connectivity index (χ0) is 10.7. The minimum absolute atomic E-state index is 0.652. The fourth-order valence-corrected chi connectivity index (χ4v) is 3.44. The van der Waals surface area contributed by atoms with E-state index >= 15 is 0 Å². The zero-order valence-electron chi connectivity index (χ0n) is 10.2. The van der Waals surface area contributed by atoms with Crippen LogP contribution in [0.15, 0.2) is 0 Å². The van der Waals surface area contributed by atoms with E-state index in [0.29, 0.717) is 11.5 Å². The topological polar surface area (TPSA) is 29.3 Å². The molecule has 2 fully saturated rings. The smallest absolute Gasteiger partial charge is 0.0216 e. The Balaban J connectivity index is 1.84. The van der Waals surface area contributed by atoms with Crippen molar-refractivity contribution in [1.29, 1.82) is 0 Å². The third-order valence-electron chi connectivity index (χ3n) is 4.50. The van der Waals surface area contributed by atoms with Gasteiger partial charge in [0.25, 0.3) is 0 Å². The van der Waals surface area contributed by atoms with Crippen molar-refractivity contribution >= 4 is 0 Å². The average molecular weight is 210 g/mol. The Morgan fingerprint density at radius 1 is 1.13 bits per heavy atom. The molecule has 15 heavy (non-hydrogen) atoms. The first-order valence-electron chi connectivity index (χ1n) is 6.74. The molecule has 1 saturated heterocycles. The molecule has 2 nitrogen and oxygen atoms in total. The van der Waals surface area contributed by atoms with Gasteiger partial charge in [-0.15, -0.1) is 0 Å². The van der Waals surface area contributed by atoms with Gasteiger partial charge < -0.3 is 5.73 Å². The quantitative estimate of drug-likeness (QED) is 0.775. The molecule has 0 aromatic rings. The first-order chi connectivity index (χ1) is 7.29. The predicted octanol–water partition coefficient (Wildman–Crippen LogP) is 2.38. The highest BCUT2D eigenvalue weighted by Crippen LogP contribution is 2.43. The van der Waals surface area contributed by atoms with E-state index < -0.39 is 0 Å². The van der Waals surface area contributed by atoms with Crippen molar-refractivity contribution in [3.8, 4) is 0 Å². The highest BCUT2D eigenvalue weighted by atomic mass is 15.2. The summed E-state index contributed by atoms with van der Waals surface area (Å²) in [5, 5.41) is 0. The van der Waals surface area contributed by atoms with E-state index in [1.54, 1.807) is 0 Å². The molecule has 0 aromatic heterocycles. The van der Waals surface area contributed by atoms with Crippen LogP contribution in [0.4, 0.5) is 0 Å². The summed E-state index contributed by atoms with van der Waals surface area (Å²) < 4.78 is 0. The maximum absolute atomic E-state index is 5.80. The molecule has 0 aromatic carbocycles. The summed E-state index contributed by atoms with van der Waals surface area (Å²) in [7, 11) is 0. The van der Waals surface area contributed by atoms with Gasteiger partial charge in [-0.3, -0.25) is 4.90 Å². The molecule has 2 rings (SSSR count). The van der Waals surface area contributed by atoms with E-state index in [4.69, 9.17) is 5.73 Å². The minimum atomic E-state index is 0.652. The highest BCUT2D eigenvalue weighted by Gasteiger charge is 2.44. The Labute approximate surface area is 94.2 Å². The van der Waals surface area contributed by atoms with Crippen LogP contribution >= 0.6 is 0 Å². The number of hydrogen-bond donors (Lipinski definition) is 1. The van der Waals surface area contributed by atoms with Gasteiger partial charge in [0.05, 0.1) is 0 Å². The zero-order valence-corrected chi connectivity index (χ0v) is 10.2. The van der Waals surface area contributed by atoms with E-state index in [1.807, 2.05) is 0 Å². The lowest BCUT2D eigenvalue weighted by atomic mass is 9.72. The first-order valence-corrected chi connectivity index (χ1v) is 6.74. The lowest BCUT2D eigenvalue weighted by Crippen LogP contribution is -2.61. The molecule has 1 heterocycles. The maximum atomic E-state index is 5.80. The Morgan fingerprint density at radius 3 is 2.20 bits per heavy atom. The second-order valence-electron chi connectivity index (χ2n) is 5.62. The van der Waals surface area contributed by atoms with Gasteiger partial charge in [-0.25, -0.2) is 0 Å². The number of nitrogens with two attached hydrogens (primary N) is 1. The van der Waals surface area contributed by atoms with Crippen molar-refractivity contribution in [2.24, 2.45) is 11.1 Å². The molecule has 1 saturated carbocycles. The normalized spacial score (nSPS) is 28.4. The third-order valence-corrected chi connectivity index (χ3v) is 4.50. The Morgan fingerprint density at radius 2 is 1.73 bits per heavy atom. The average Bonchev–Trinajstić information content (AvgIpc) is 2.44. The van der Waals surface area contributed by atoms with E-state index in [0.717, 1.165) is 6.54 Å². The van der Waals surface area contributed by atoms with Crippen LogP contribution in [-0.4, -0.2) is 30.6 Å². The Bertz CT molecular complexity index is 183. The summed E-state index contributed by atoms with van der Waals surface area (Å²) in [6.07, 6.45) is 10.0. The van der Waals surface area contributed by atoms with Crippen LogP contribution in [0.2, 0.25) is 0 Å². The van der Waals surface area contributed by atoms with E-state index in [2.05, 4.69) is 11.8 Å². The van der Waals surface area contributed by atoms with Crippen LogP contribution < -0.4 is 5.73 Å². The summed E-state index contributed by atoms with van der Waals surface area (Å²) >= 11 is 0. The summed E-state index contributed by atoms with van der Waals surface area (Å²) in [6, 6.07) is 0.652. The molecule has 2 N–H and O–H groups in total. The van der Waals surface area contributed by atoms with Gasteiger partial charge in [0.1, 0.15) is 0 Å². The summed E-state index contributed by atoms with van der Waals surface area (Å²) in [5.74, 6) is 0. The molecular weight excluding hydrogens is 184 g/mol. The van der Waals surface area contributed by atoms with Crippen molar-refractivity contribution < 1.29 is 0 Å². The van der Waals surface area contributed by atoms with Gasteiger partial charge in [0.2, 0.25) is 0 Å². The lowest BCUT2D eigenvalue weighted by Gasteiger charge is -2.53. The van der Waals surface area contributed by atoms with Crippen LogP contribution in [-0.2, 0) is 0 Å². The van der Waals surface area contributed by atoms with Gasteiger partial charge in [0.15, 0.2) is 0 Å². The monoisotopic (exact) mass is 210 g/mol. The molecule has 1 unspecified atom stereocenters. The summed E-state index contributed by atoms with van der Waals surface area (Å²) in [4.78, 5) is 2.62. The lowest BCUT2D eigenvalue weighted by molar-refractivity contribution is -0.0401. The van der Waals surface area contributed by atoms with Crippen molar-refractivity contribution in [2.45, 2.75) is 57.9 Å². The molecule has 2 heteroatoms. The molecule has 1 spiro atoms. The van der Waals surface area contributed by atoms with Gasteiger partial charge in [0, 0.05) is 25.7 Å². The Kier molecular flexibility index (Phi) is 3.68. The molecule has 2 aliphatic rings. The fraction of sp³-hybridized carbons (Fsp3) is 1.00. The molecule has 1 aliphatic heterocycles. The second-order valence-corrected chi connectivity index (χ2v) is 5.62. The SMILES string of the molecule is CCC(CN)N1CC2(CCCCCC2)C1. The van der Waals surface area contributed by atoms with Gasteiger partial charge in [-0.05, 0) is 24.7 Å². The maximum Gasteiger partial charge on any atom is 0.0216 e. The molecule has 0 amide bonds. The highest BCUT2D eigenvalue weighted by molar-refractivity contribution is 4.98. The number of rotatable bonds is 3. The molecule has 88 valence electrons. The van der Waals surface area contributed by atoms with Crippen molar-refractivity contribution in [3.05, 3.63) is 0 Å². The van der Waals surface area contributed by atoms with Crippen LogP contribution in [0.5, 0.6) is 0 Å². The number of hydrogen-bond acceptors (Lipinski definition) is 2. The van der Waals surface area contributed by atoms with Crippen LogP contribution in [0.1, 0.15) is 51.9 Å². The second kappa shape index (κ2) is 4.84. The van der Waals surface area contributed by atoms with E-state index in [-0.39, 0.29) is 0 Å². The van der Waals surface area contributed by atoms with E-state index in [9.17, 15) is 0 Å². The largest absolute Gasteiger partial charge is 0.329 e. The van der Waals surface area contributed by atoms with Crippen molar-refractivity contribution in [1.82, 2.24) is 4.90 Å².